The molecule has 2 aromatic carbocycles. The summed E-state index contributed by atoms with van der Waals surface area (Å²) in [7, 11) is 0. The normalized spacial score (nSPS) is 11.4. The maximum absolute atomic E-state index is 12.6. The summed E-state index contributed by atoms with van der Waals surface area (Å²) in [6, 6.07) is 10.7. The van der Waals surface area contributed by atoms with Crippen molar-refractivity contribution < 1.29 is 17.9 Å². The van der Waals surface area contributed by atoms with Crippen LogP contribution in [0.15, 0.2) is 42.5 Å². The van der Waals surface area contributed by atoms with Gasteiger partial charge in [-0.25, -0.2) is 0 Å². The van der Waals surface area contributed by atoms with Crippen molar-refractivity contribution in [3.8, 4) is 11.5 Å². The molecule has 0 saturated heterocycles. The summed E-state index contributed by atoms with van der Waals surface area (Å²) in [6.07, 6.45) is -3.55. The van der Waals surface area contributed by atoms with Crippen LogP contribution < -0.4 is 4.74 Å². The Morgan fingerprint density at radius 2 is 1.60 bits per heavy atom. The molecule has 0 radical (unpaired) electrons. The molecule has 0 aliphatic heterocycles. The van der Waals surface area contributed by atoms with Gasteiger partial charge < -0.3 is 4.74 Å². The standard InChI is InChI=1S/C15H12ClF3O/c1-2-10-3-5-11(6-4-10)20-12-7-8-13(14(16)9-12)15(17,18)19/h3-9H,2H2,1H3. The van der Waals surface area contributed by atoms with E-state index < -0.39 is 11.7 Å². The second kappa shape index (κ2) is 5.75. The van der Waals surface area contributed by atoms with E-state index in [4.69, 9.17) is 16.3 Å². The zero-order valence-electron chi connectivity index (χ0n) is 10.7. The van der Waals surface area contributed by atoms with Gasteiger partial charge >= 0.3 is 6.18 Å². The Morgan fingerprint density at radius 1 is 1.00 bits per heavy atom. The van der Waals surface area contributed by atoms with Crippen LogP contribution in [-0.2, 0) is 12.6 Å². The molecule has 1 nitrogen and oxygen atoms in total. The summed E-state index contributed by atoms with van der Waals surface area (Å²) in [4.78, 5) is 0. The number of hydrogen-bond acceptors (Lipinski definition) is 1. The highest BCUT2D eigenvalue weighted by Gasteiger charge is 2.33. The van der Waals surface area contributed by atoms with E-state index in [1.54, 1.807) is 12.1 Å². The molecule has 0 unspecified atom stereocenters. The van der Waals surface area contributed by atoms with Gasteiger partial charge in [0.15, 0.2) is 0 Å². The topological polar surface area (TPSA) is 9.23 Å². The van der Waals surface area contributed by atoms with E-state index in [1.807, 2.05) is 19.1 Å². The van der Waals surface area contributed by atoms with Crippen molar-refractivity contribution in [2.24, 2.45) is 0 Å². The van der Waals surface area contributed by atoms with Gasteiger partial charge in [0.1, 0.15) is 11.5 Å². The molecule has 0 heterocycles. The Labute approximate surface area is 119 Å². The predicted molar refractivity (Wildman–Crippen MR) is 72.3 cm³/mol. The SMILES string of the molecule is CCc1ccc(Oc2ccc(C(F)(F)F)c(Cl)c2)cc1. The number of ether oxygens (including phenoxy) is 1. The highest BCUT2D eigenvalue weighted by atomic mass is 35.5. The molecule has 0 amide bonds. The third-order valence-electron chi connectivity index (χ3n) is 2.81. The quantitative estimate of drug-likeness (QED) is 0.705. The minimum atomic E-state index is -4.46. The fourth-order valence-corrected chi connectivity index (χ4v) is 2.00. The Kier molecular flexibility index (Phi) is 4.23. The molecular weight excluding hydrogens is 289 g/mol. The van der Waals surface area contributed by atoms with Gasteiger partial charge in [-0.05, 0) is 36.2 Å². The van der Waals surface area contributed by atoms with Crippen molar-refractivity contribution in [1.29, 1.82) is 0 Å². The first-order chi connectivity index (χ1) is 9.40. The van der Waals surface area contributed by atoms with Crippen molar-refractivity contribution in [3.05, 3.63) is 58.6 Å². The van der Waals surface area contributed by atoms with Crippen LogP contribution in [0.4, 0.5) is 13.2 Å². The third kappa shape index (κ3) is 3.45. The van der Waals surface area contributed by atoms with Gasteiger partial charge in [-0.15, -0.1) is 0 Å². The lowest BCUT2D eigenvalue weighted by atomic mass is 10.2. The summed E-state index contributed by atoms with van der Waals surface area (Å²) >= 11 is 5.63. The highest BCUT2D eigenvalue weighted by molar-refractivity contribution is 6.31. The summed E-state index contributed by atoms with van der Waals surface area (Å²) in [6.45, 7) is 2.03. The van der Waals surface area contributed by atoms with Gasteiger partial charge in [0, 0.05) is 6.07 Å². The summed E-state index contributed by atoms with van der Waals surface area (Å²) in [5, 5.41) is -0.375. The molecule has 0 spiro atoms. The predicted octanol–water partition coefficient (Wildman–Crippen LogP) is 5.71. The second-order valence-corrected chi connectivity index (χ2v) is 4.65. The average molecular weight is 301 g/mol. The Hall–Kier alpha value is -1.68. The molecule has 0 aromatic heterocycles. The molecule has 5 heteroatoms. The molecule has 0 aliphatic rings. The summed E-state index contributed by atoms with van der Waals surface area (Å²) in [5.74, 6) is 0.824. The van der Waals surface area contributed by atoms with Crippen LogP contribution in [-0.4, -0.2) is 0 Å². The zero-order valence-corrected chi connectivity index (χ0v) is 11.4. The van der Waals surface area contributed by atoms with Gasteiger partial charge in [0.25, 0.3) is 0 Å². The van der Waals surface area contributed by atoms with Crippen LogP contribution >= 0.6 is 11.6 Å². The zero-order chi connectivity index (χ0) is 14.8. The van der Waals surface area contributed by atoms with Gasteiger partial charge in [-0.1, -0.05) is 30.7 Å². The molecule has 0 N–H and O–H groups in total. The van der Waals surface area contributed by atoms with Crippen LogP contribution in [0.5, 0.6) is 11.5 Å². The first-order valence-electron chi connectivity index (χ1n) is 6.03. The third-order valence-corrected chi connectivity index (χ3v) is 3.13. The smallest absolute Gasteiger partial charge is 0.417 e. The number of alkyl halides is 3. The molecule has 106 valence electrons. The number of benzene rings is 2. The first-order valence-corrected chi connectivity index (χ1v) is 6.41. The second-order valence-electron chi connectivity index (χ2n) is 4.24. The van der Waals surface area contributed by atoms with E-state index in [0.29, 0.717) is 5.75 Å². The largest absolute Gasteiger partial charge is 0.457 e. The Morgan fingerprint density at radius 3 is 2.10 bits per heavy atom. The molecule has 0 fully saturated rings. The lowest BCUT2D eigenvalue weighted by Crippen LogP contribution is -2.05. The van der Waals surface area contributed by atoms with Gasteiger partial charge in [-0.2, -0.15) is 13.2 Å². The van der Waals surface area contributed by atoms with E-state index in [-0.39, 0.29) is 10.8 Å². The minimum Gasteiger partial charge on any atom is -0.457 e. The monoisotopic (exact) mass is 300 g/mol. The van der Waals surface area contributed by atoms with E-state index in [0.717, 1.165) is 24.1 Å². The van der Waals surface area contributed by atoms with Crippen molar-refractivity contribution in [2.75, 3.05) is 0 Å². The fraction of sp³-hybridized carbons (Fsp3) is 0.200. The first kappa shape index (κ1) is 14.7. The van der Waals surface area contributed by atoms with E-state index in [9.17, 15) is 13.2 Å². The number of aryl methyl sites for hydroxylation is 1. The molecular formula is C15H12ClF3O. The van der Waals surface area contributed by atoms with Crippen molar-refractivity contribution in [2.45, 2.75) is 19.5 Å². The maximum atomic E-state index is 12.6. The molecule has 0 saturated carbocycles. The van der Waals surface area contributed by atoms with Gasteiger partial charge in [-0.3, -0.25) is 0 Å². The van der Waals surface area contributed by atoms with E-state index in [1.165, 1.54) is 6.07 Å². The Bertz CT molecular complexity index is 591. The lowest BCUT2D eigenvalue weighted by Gasteiger charge is -2.11. The lowest BCUT2D eigenvalue weighted by molar-refractivity contribution is -0.137. The van der Waals surface area contributed by atoms with Gasteiger partial charge in [0.2, 0.25) is 0 Å². The number of halogens is 4. The molecule has 2 aromatic rings. The van der Waals surface area contributed by atoms with Crippen LogP contribution in [0.25, 0.3) is 0 Å². The molecule has 0 atom stereocenters. The molecule has 0 aliphatic carbocycles. The molecule has 0 bridgehead atoms. The Balaban J connectivity index is 2.19. The highest BCUT2D eigenvalue weighted by Crippen LogP contribution is 2.37. The van der Waals surface area contributed by atoms with E-state index >= 15 is 0 Å². The van der Waals surface area contributed by atoms with Crippen molar-refractivity contribution >= 4 is 11.6 Å². The van der Waals surface area contributed by atoms with Crippen molar-refractivity contribution in [3.63, 3.8) is 0 Å². The van der Waals surface area contributed by atoms with Crippen LogP contribution in [0.3, 0.4) is 0 Å². The number of hydrogen-bond donors (Lipinski definition) is 0. The minimum absolute atomic E-state index is 0.271. The average Bonchev–Trinajstić information content (AvgIpc) is 2.38. The molecule has 2 rings (SSSR count). The number of rotatable bonds is 3. The summed E-state index contributed by atoms with van der Waals surface area (Å²) < 4.78 is 43.2. The van der Waals surface area contributed by atoms with E-state index in [2.05, 4.69) is 0 Å². The summed E-state index contributed by atoms with van der Waals surface area (Å²) in [5.41, 5.74) is 0.288. The van der Waals surface area contributed by atoms with Crippen LogP contribution in [0.1, 0.15) is 18.1 Å². The van der Waals surface area contributed by atoms with Gasteiger partial charge in [0.05, 0.1) is 10.6 Å². The molecule has 20 heavy (non-hydrogen) atoms. The maximum Gasteiger partial charge on any atom is 0.417 e. The van der Waals surface area contributed by atoms with Crippen molar-refractivity contribution in [1.82, 2.24) is 0 Å². The fourth-order valence-electron chi connectivity index (χ4n) is 1.72. The van der Waals surface area contributed by atoms with Crippen LogP contribution in [0.2, 0.25) is 5.02 Å². The van der Waals surface area contributed by atoms with Crippen LogP contribution in [0, 0.1) is 0 Å².